The Kier molecular flexibility index (Phi) is 5.24. The van der Waals surface area contributed by atoms with E-state index in [-0.39, 0.29) is 5.41 Å². The van der Waals surface area contributed by atoms with E-state index >= 15 is 0 Å². The number of nitrogens with one attached hydrogen (secondary N) is 2. The first-order chi connectivity index (χ1) is 8.58. The molecule has 0 spiro atoms. The Hall–Kier alpha value is 0.1000. The minimum Gasteiger partial charge on any atom is -0.316 e. The summed E-state index contributed by atoms with van der Waals surface area (Å²) >= 11 is 5.38. The van der Waals surface area contributed by atoms with E-state index < -0.39 is 0 Å². The molecule has 2 nitrogen and oxygen atoms in total. The third-order valence-electron chi connectivity index (χ3n) is 3.64. The molecule has 1 unspecified atom stereocenters. The molecule has 0 aliphatic carbocycles. The number of halogens is 1. The Balaban J connectivity index is 1.71. The zero-order valence-corrected chi connectivity index (χ0v) is 13.7. The monoisotopic (exact) mass is 330 g/mol. The van der Waals surface area contributed by atoms with Crippen molar-refractivity contribution in [2.75, 3.05) is 19.6 Å². The standard InChI is InChI=1S/C14H23BrN2S/c1-14(2,12-5-6-13(15)18-12)10-16-9-7-11-4-3-8-17-11/h5-6,11,16-17H,3-4,7-10H2,1-2H3. The van der Waals surface area contributed by atoms with Crippen molar-refractivity contribution in [1.82, 2.24) is 10.6 Å². The van der Waals surface area contributed by atoms with Crippen molar-refractivity contribution in [2.24, 2.45) is 0 Å². The van der Waals surface area contributed by atoms with Crippen LogP contribution < -0.4 is 10.6 Å². The molecule has 0 aromatic carbocycles. The molecule has 0 amide bonds. The molecule has 1 fully saturated rings. The van der Waals surface area contributed by atoms with Gasteiger partial charge in [0.2, 0.25) is 0 Å². The topological polar surface area (TPSA) is 24.1 Å². The first kappa shape index (κ1) is 14.5. The number of thiophene rings is 1. The molecule has 1 atom stereocenters. The molecule has 4 heteroatoms. The average Bonchev–Trinajstić information content (AvgIpc) is 2.95. The van der Waals surface area contributed by atoms with Gasteiger partial charge < -0.3 is 10.6 Å². The maximum atomic E-state index is 3.61. The van der Waals surface area contributed by atoms with E-state index in [1.807, 2.05) is 11.3 Å². The second kappa shape index (κ2) is 6.51. The quantitative estimate of drug-likeness (QED) is 0.780. The molecule has 1 aliphatic heterocycles. The van der Waals surface area contributed by atoms with Gasteiger partial charge in [-0.25, -0.2) is 0 Å². The van der Waals surface area contributed by atoms with E-state index in [9.17, 15) is 0 Å². The van der Waals surface area contributed by atoms with E-state index in [1.54, 1.807) is 0 Å². The van der Waals surface area contributed by atoms with Crippen molar-refractivity contribution < 1.29 is 0 Å². The predicted molar refractivity (Wildman–Crippen MR) is 83.6 cm³/mol. The second-order valence-electron chi connectivity index (χ2n) is 5.75. The molecule has 2 N–H and O–H groups in total. The Bertz CT molecular complexity index is 370. The molecule has 2 heterocycles. The Morgan fingerprint density at radius 3 is 2.94 bits per heavy atom. The fourth-order valence-electron chi connectivity index (χ4n) is 2.45. The number of hydrogen-bond donors (Lipinski definition) is 2. The van der Waals surface area contributed by atoms with Crippen LogP contribution in [0.15, 0.2) is 15.9 Å². The summed E-state index contributed by atoms with van der Waals surface area (Å²) in [4.78, 5) is 1.45. The lowest BCUT2D eigenvalue weighted by molar-refractivity contribution is 0.452. The van der Waals surface area contributed by atoms with Crippen molar-refractivity contribution in [1.29, 1.82) is 0 Å². The zero-order valence-electron chi connectivity index (χ0n) is 11.3. The number of rotatable bonds is 6. The van der Waals surface area contributed by atoms with Crippen molar-refractivity contribution in [3.63, 3.8) is 0 Å². The maximum Gasteiger partial charge on any atom is 0.0701 e. The second-order valence-corrected chi connectivity index (χ2v) is 8.21. The SMILES string of the molecule is CC(C)(CNCCC1CCCN1)c1ccc(Br)s1. The third kappa shape index (κ3) is 4.05. The molecule has 0 bridgehead atoms. The molecule has 1 aromatic rings. The van der Waals surface area contributed by atoms with Crippen LogP contribution in [-0.2, 0) is 5.41 Å². The van der Waals surface area contributed by atoms with Gasteiger partial charge in [0, 0.05) is 22.9 Å². The van der Waals surface area contributed by atoms with Crippen molar-refractivity contribution in [3.8, 4) is 0 Å². The third-order valence-corrected chi connectivity index (χ3v) is 5.63. The van der Waals surface area contributed by atoms with E-state index in [1.165, 1.54) is 34.5 Å². The maximum absolute atomic E-state index is 3.61. The van der Waals surface area contributed by atoms with Gasteiger partial charge >= 0.3 is 0 Å². The molecule has 1 aromatic heterocycles. The Morgan fingerprint density at radius 2 is 2.33 bits per heavy atom. The van der Waals surface area contributed by atoms with Gasteiger partial charge in [0.1, 0.15) is 0 Å². The average molecular weight is 331 g/mol. The van der Waals surface area contributed by atoms with Crippen LogP contribution in [0.4, 0.5) is 0 Å². The molecule has 18 heavy (non-hydrogen) atoms. The molecule has 0 saturated carbocycles. The van der Waals surface area contributed by atoms with Crippen LogP contribution in [0, 0.1) is 0 Å². The van der Waals surface area contributed by atoms with Gasteiger partial charge in [-0.05, 0) is 60.4 Å². The largest absolute Gasteiger partial charge is 0.316 e. The highest BCUT2D eigenvalue weighted by atomic mass is 79.9. The lowest BCUT2D eigenvalue weighted by atomic mass is 9.91. The van der Waals surface area contributed by atoms with E-state index in [2.05, 4.69) is 52.5 Å². The molecule has 2 rings (SSSR count). The Morgan fingerprint density at radius 1 is 1.50 bits per heavy atom. The van der Waals surface area contributed by atoms with Gasteiger partial charge in [-0.15, -0.1) is 11.3 Å². The smallest absolute Gasteiger partial charge is 0.0701 e. The summed E-state index contributed by atoms with van der Waals surface area (Å²) in [7, 11) is 0. The fourth-order valence-corrected chi connectivity index (χ4v) is 3.93. The number of hydrogen-bond acceptors (Lipinski definition) is 3. The van der Waals surface area contributed by atoms with E-state index in [0.717, 1.165) is 19.1 Å². The summed E-state index contributed by atoms with van der Waals surface area (Å²) in [6.45, 7) is 8.00. The van der Waals surface area contributed by atoms with Crippen LogP contribution in [0.25, 0.3) is 0 Å². The first-order valence-corrected chi connectivity index (χ1v) is 8.39. The van der Waals surface area contributed by atoms with E-state index in [0.29, 0.717) is 0 Å². The molecule has 1 saturated heterocycles. The van der Waals surface area contributed by atoms with Crippen LogP contribution in [0.5, 0.6) is 0 Å². The minimum absolute atomic E-state index is 0.222. The summed E-state index contributed by atoms with van der Waals surface area (Å²) in [5.74, 6) is 0. The normalized spacial score (nSPS) is 20.5. The lowest BCUT2D eigenvalue weighted by Gasteiger charge is -2.24. The van der Waals surface area contributed by atoms with Crippen LogP contribution in [-0.4, -0.2) is 25.7 Å². The predicted octanol–water partition coefficient (Wildman–Crippen LogP) is 3.52. The van der Waals surface area contributed by atoms with Gasteiger partial charge in [-0.2, -0.15) is 0 Å². The van der Waals surface area contributed by atoms with Crippen molar-refractivity contribution in [2.45, 2.75) is 44.6 Å². The Labute approximate surface area is 123 Å². The zero-order chi connectivity index (χ0) is 13.0. The molecule has 1 aliphatic rings. The van der Waals surface area contributed by atoms with Gasteiger partial charge in [-0.3, -0.25) is 0 Å². The summed E-state index contributed by atoms with van der Waals surface area (Å²) in [5.41, 5.74) is 0.222. The highest BCUT2D eigenvalue weighted by molar-refractivity contribution is 9.11. The fraction of sp³-hybridized carbons (Fsp3) is 0.714. The highest BCUT2D eigenvalue weighted by Gasteiger charge is 2.22. The molecule has 0 radical (unpaired) electrons. The van der Waals surface area contributed by atoms with Crippen molar-refractivity contribution in [3.05, 3.63) is 20.8 Å². The van der Waals surface area contributed by atoms with E-state index in [4.69, 9.17) is 0 Å². The minimum atomic E-state index is 0.222. The summed E-state index contributed by atoms with van der Waals surface area (Å²) in [5, 5.41) is 7.16. The molecular weight excluding hydrogens is 308 g/mol. The summed E-state index contributed by atoms with van der Waals surface area (Å²) in [6, 6.07) is 5.12. The van der Waals surface area contributed by atoms with Gasteiger partial charge in [0.05, 0.1) is 3.79 Å². The van der Waals surface area contributed by atoms with Crippen LogP contribution in [0.1, 0.15) is 38.0 Å². The van der Waals surface area contributed by atoms with Gasteiger partial charge in [-0.1, -0.05) is 13.8 Å². The highest BCUT2D eigenvalue weighted by Crippen LogP contribution is 2.32. The summed E-state index contributed by atoms with van der Waals surface area (Å²) < 4.78 is 1.22. The van der Waals surface area contributed by atoms with Crippen molar-refractivity contribution >= 4 is 27.3 Å². The van der Waals surface area contributed by atoms with Crippen LogP contribution in [0.3, 0.4) is 0 Å². The molecule has 102 valence electrons. The van der Waals surface area contributed by atoms with Crippen LogP contribution in [0.2, 0.25) is 0 Å². The lowest BCUT2D eigenvalue weighted by Crippen LogP contribution is -2.35. The molecular formula is C14H23BrN2S. The first-order valence-electron chi connectivity index (χ1n) is 6.78. The van der Waals surface area contributed by atoms with Crippen LogP contribution >= 0.6 is 27.3 Å². The van der Waals surface area contributed by atoms with Gasteiger partial charge in [0.15, 0.2) is 0 Å². The van der Waals surface area contributed by atoms with Gasteiger partial charge in [0.25, 0.3) is 0 Å². The summed E-state index contributed by atoms with van der Waals surface area (Å²) in [6.07, 6.45) is 3.95.